The molecule has 0 radical (unpaired) electrons. The standard InChI is InChI=1S/C20H22N2O7S2/c1-12-16(20(26)28-9-8-27-2)19(31-17(12)18(21)25)22-14(23)10-29-15(24)11-30-13-6-4-3-5-7-13/h3-7H,8-11H2,1-2H3,(H2,21,25)(H,22,23). The van der Waals surface area contributed by atoms with Gasteiger partial charge in [-0.05, 0) is 24.6 Å². The Labute approximate surface area is 187 Å². The van der Waals surface area contributed by atoms with Gasteiger partial charge in [0.1, 0.15) is 11.6 Å². The summed E-state index contributed by atoms with van der Waals surface area (Å²) in [4.78, 5) is 49.2. The summed E-state index contributed by atoms with van der Waals surface area (Å²) in [5, 5.41) is 2.57. The highest BCUT2D eigenvalue weighted by Gasteiger charge is 2.26. The molecule has 11 heteroatoms. The molecule has 0 atom stereocenters. The van der Waals surface area contributed by atoms with Crippen LogP contribution in [0.5, 0.6) is 0 Å². The van der Waals surface area contributed by atoms with Crippen LogP contribution in [0.15, 0.2) is 35.2 Å². The fourth-order valence-corrected chi connectivity index (χ4v) is 4.16. The first-order valence-electron chi connectivity index (χ1n) is 9.06. The summed E-state index contributed by atoms with van der Waals surface area (Å²) < 4.78 is 14.9. The van der Waals surface area contributed by atoms with E-state index in [1.54, 1.807) is 0 Å². The maximum Gasteiger partial charge on any atom is 0.341 e. The molecule has 2 aromatic rings. The second kappa shape index (κ2) is 12.1. The number of hydrogen-bond acceptors (Lipinski definition) is 9. The van der Waals surface area contributed by atoms with Crippen molar-refractivity contribution in [3.8, 4) is 0 Å². The first kappa shape index (κ1) is 24.4. The molecule has 0 saturated heterocycles. The van der Waals surface area contributed by atoms with Gasteiger partial charge in [-0.3, -0.25) is 14.4 Å². The van der Waals surface area contributed by atoms with Crippen molar-refractivity contribution in [2.75, 3.05) is 38.0 Å². The molecule has 9 nitrogen and oxygen atoms in total. The van der Waals surface area contributed by atoms with E-state index in [0.29, 0.717) is 5.56 Å². The summed E-state index contributed by atoms with van der Waals surface area (Å²) in [5.74, 6) is -2.66. The number of thioether (sulfide) groups is 1. The maximum absolute atomic E-state index is 12.4. The minimum atomic E-state index is -0.738. The number of amides is 2. The van der Waals surface area contributed by atoms with E-state index in [1.807, 2.05) is 30.3 Å². The van der Waals surface area contributed by atoms with Crippen LogP contribution in [0.2, 0.25) is 0 Å². The molecule has 2 rings (SSSR count). The number of hydrogen-bond donors (Lipinski definition) is 2. The Kier molecular flexibility index (Phi) is 9.50. The van der Waals surface area contributed by atoms with Crippen LogP contribution < -0.4 is 11.1 Å². The number of thiophene rings is 1. The molecule has 31 heavy (non-hydrogen) atoms. The van der Waals surface area contributed by atoms with Crippen LogP contribution in [0, 0.1) is 6.92 Å². The van der Waals surface area contributed by atoms with E-state index in [1.165, 1.54) is 25.8 Å². The summed E-state index contributed by atoms with van der Waals surface area (Å²) >= 11 is 2.13. The third-order valence-corrected chi connectivity index (χ3v) is 6.02. The van der Waals surface area contributed by atoms with E-state index < -0.39 is 30.4 Å². The van der Waals surface area contributed by atoms with Crippen LogP contribution in [0.3, 0.4) is 0 Å². The highest BCUT2D eigenvalue weighted by Crippen LogP contribution is 2.33. The van der Waals surface area contributed by atoms with E-state index >= 15 is 0 Å². The molecule has 0 spiro atoms. The van der Waals surface area contributed by atoms with Gasteiger partial charge in [-0.1, -0.05) is 18.2 Å². The fraction of sp³-hybridized carbons (Fsp3) is 0.300. The van der Waals surface area contributed by atoms with Crippen LogP contribution in [0.4, 0.5) is 5.00 Å². The number of nitrogens with two attached hydrogens (primary N) is 1. The van der Waals surface area contributed by atoms with Crippen molar-refractivity contribution in [2.45, 2.75) is 11.8 Å². The Hall–Kier alpha value is -2.89. The van der Waals surface area contributed by atoms with Gasteiger partial charge in [-0.2, -0.15) is 0 Å². The number of anilines is 1. The van der Waals surface area contributed by atoms with Crippen molar-refractivity contribution < 1.29 is 33.4 Å². The van der Waals surface area contributed by atoms with Gasteiger partial charge in [0.05, 0.1) is 22.8 Å². The van der Waals surface area contributed by atoms with E-state index in [0.717, 1.165) is 16.2 Å². The van der Waals surface area contributed by atoms with Crippen LogP contribution >= 0.6 is 23.1 Å². The summed E-state index contributed by atoms with van der Waals surface area (Å²) in [6.45, 7) is 1.17. The van der Waals surface area contributed by atoms with E-state index in [4.69, 9.17) is 19.9 Å². The molecule has 0 aliphatic carbocycles. The molecule has 2 amide bonds. The quantitative estimate of drug-likeness (QED) is 0.293. The van der Waals surface area contributed by atoms with Gasteiger partial charge >= 0.3 is 11.9 Å². The normalized spacial score (nSPS) is 10.4. The lowest BCUT2D eigenvalue weighted by atomic mass is 10.1. The fourth-order valence-electron chi connectivity index (χ4n) is 2.38. The van der Waals surface area contributed by atoms with Crippen molar-refractivity contribution in [3.63, 3.8) is 0 Å². The summed E-state index contributed by atoms with van der Waals surface area (Å²) in [7, 11) is 1.46. The number of esters is 2. The van der Waals surface area contributed by atoms with Crippen LogP contribution in [-0.4, -0.2) is 56.4 Å². The minimum Gasteiger partial charge on any atom is -0.460 e. The third-order valence-electron chi connectivity index (χ3n) is 3.81. The zero-order valence-corrected chi connectivity index (χ0v) is 18.6. The first-order valence-corrected chi connectivity index (χ1v) is 10.9. The van der Waals surface area contributed by atoms with E-state index in [9.17, 15) is 19.2 Å². The molecule has 0 bridgehead atoms. The van der Waals surface area contributed by atoms with E-state index in [-0.39, 0.29) is 34.4 Å². The van der Waals surface area contributed by atoms with Gasteiger partial charge in [-0.15, -0.1) is 23.1 Å². The molecular formula is C20H22N2O7S2. The molecule has 1 heterocycles. The lowest BCUT2D eigenvalue weighted by molar-refractivity contribution is -0.144. The third kappa shape index (κ3) is 7.39. The van der Waals surface area contributed by atoms with Gasteiger partial charge in [0.15, 0.2) is 6.61 Å². The largest absolute Gasteiger partial charge is 0.460 e. The first-order chi connectivity index (χ1) is 14.8. The molecule has 0 aliphatic rings. The lowest BCUT2D eigenvalue weighted by Crippen LogP contribution is -2.22. The average Bonchev–Trinajstić information content (AvgIpc) is 3.07. The zero-order valence-electron chi connectivity index (χ0n) is 17.0. The maximum atomic E-state index is 12.4. The predicted molar refractivity (Wildman–Crippen MR) is 116 cm³/mol. The number of rotatable bonds is 11. The van der Waals surface area contributed by atoms with Gasteiger partial charge in [0, 0.05) is 12.0 Å². The highest BCUT2D eigenvalue weighted by molar-refractivity contribution is 8.00. The molecule has 1 aromatic carbocycles. The zero-order chi connectivity index (χ0) is 22.8. The summed E-state index contributed by atoms with van der Waals surface area (Å²) in [6, 6.07) is 9.27. The molecule has 1 aromatic heterocycles. The van der Waals surface area contributed by atoms with Crippen molar-refractivity contribution in [1.82, 2.24) is 0 Å². The smallest absolute Gasteiger partial charge is 0.341 e. The van der Waals surface area contributed by atoms with Gasteiger partial charge < -0.3 is 25.3 Å². The molecule has 0 unspecified atom stereocenters. The topological polar surface area (TPSA) is 134 Å². The predicted octanol–water partition coefficient (Wildman–Crippen LogP) is 2.23. The highest BCUT2D eigenvalue weighted by atomic mass is 32.2. The van der Waals surface area contributed by atoms with Crippen LogP contribution in [0.1, 0.15) is 25.6 Å². The molecule has 0 saturated carbocycles. The lowest BCUT2D eigenvalue weighted by Gasteiger charge is -2.08. The Morgan fingerprint density at radius 3 is 2.45 bits per heavy atom. The summed E-state index contributed by atoms with van der Waals surface area (Å²) in [5.41, 5.74) is 5.66. The molecular weight excluding hydrogens is 444 g/mol. The molecule has 0 fully saturated rings. The number of carbonyl (C=O) groups excluding carboxylic acids is 4. The number of carbonyl (C=O) groups is 4. The van der Waals surface area contributed by atoms with Gasteiger partial charge in [0.2, 0.25) is 0 Å². The van der Waals surface area contributed by atoms with Gasteiger partial charge in [0.25, 0.3) is 11.8 Å². The Balaban J connectivity index is 1.97. The Morgan fingerprint density at radius 2 is 1.81 bits per heavy atom. The SMILES string of the molecule is COCCOC(=O)c1c(NC(=O)COC(=O)CSc2ccccc2)sc(C(N)=O)c1C. The number of methoxy groups -OCH3 is 1. The summed E-state index contributed by atoms with van der Waals surface area (Å²) in [6.07, 6.45) is 0. The Bertz CT molecular complexity index is 945. The van der Waals surface area contributed by atoms with Crippen molar-refractivity contribution in [2.24, 2.45) is 5.73 Å². The van der Waals surface area contributed by atoms with Gasteiger partial charge in [-0.25, -0.2) is 4.79 Å². The molecule has 0 aliphatic heterocycles. The second-order valence-electron chi connectivity index (χ2n) is 6.06. The second-order valence-corrected chi connectivity index (χ2v) is 8.13. The Morgan fingerprint density at radius 1 is 1.10 bits per heavy atom. The van der Waals surface area contributed by atoms with Crippen molar-refractivity contribution >= 4 is 51.9 Å². The van der Waals surface area contributed by atoms with E-state index in [2.05, 4.69) is 5.32 Å². The minimum absolute atomic E-state index is 0.000600. The van der Waals surface area contributed by atoms with Crippen LogP contribution in [-0.2, 0) is 23.8 Å². The number of nitrogens with one attached hydrogen (secondary N) is 1. The van der Waals surface area contributed by atoms with Crippen molar-refractivity contribution in [1.29, 1.82) is 0 Å². The van der Waals surface area contributed by atoms with Crippen LogP contribution in [0.25, 0.3) is 0 Å². The number of benzene rings is 1. The average molecular weight is 467 g/mol. The molecule has 3 N–H and O–H groups in total. The molecule has 166 valence electrons. The van der Waals surface area contributed by atoms with Crippen molar-refractivity contribution in [3.05, 3.63) is 46.3 Å². The number of ether oxygens (including phenoxy) is 3. The number of primary amides is 1. The monoisotopic (exact) mass is 466 g/mol.